The number of rotatable bonds is 7. The van der Waals surface area contributed by atoms with Crippen molar-refractivity contribution in [2.45, 2.75) is 6.54 Å². The van der Waals surface area contributed by atoms with E-state index in [1.165, 1.54) is 0 Å². The molecule has 0 saturated heterocycles. The number of carbonyl (C=O) groups is 1. The molecule has 0 fully saturated rings. The van der Waals surface area contributed by atoms with Gasteiger partial charge in [0.1, 0.15) is 12.4 Å². The monoisotopic (exact) mass is 369 g/mol. The number of hydrogen-bond acceptors (Lipinski definition) is 6. The molecule has 1 aromatic carbocycles. The molecule has 0 bridgehead atoms. The maximum atomic E-state index is 10.8. The van der Waals surface area contributed by atoms with E-state index < -0.39 is 5.97 Å². The Morgan fingerprint density at radius 2 is 1.77 bits per heavy atom. The number of pyridine rings is 1. The average molecular weight is 370 g/mol. The van der Waals surface area contributed by atoms with Crippen LogP contribution in [0.2, 0.25) is 5.02 Å². The first-order valence-electron chi connectivity index (χ1n) is 7.83. The van der Waals surface area contributed by atoms with Crippen LogP contribution in [0.25, 0.3) is 11.3 Å². The normalized spacial score (nSPS) is 10.3. The first kappa shape index (κ1) is 17.6. The zero-order valence-corrected chi connectivity index (χ0v) is 14.4. The average Bonchev–Trinajstić information content (AvgIpc) is 2.66. The minimum absolute atomic E-state index is 0.236. The van der Waals surface area contributed by atoms with Gasteiger partial charge in [0.05, 0.1) is 5.69 Å². The van der Waals surface area contributed by atoms with Gasteiger partial charge in [-0.05, 0) is 29.8 Å². The molecule has 0 aliphatic rings. The zero-order chi connectivity index (χ0) is 18.4. The summed E-state index contributed by atoms with van der Waals surface area (Å²) in [6.07, 6.45) is 3.34. The molecule has 0 aliphatic heterocycles. The Morgan fingerprint density at radius 1 is 1.04 bits per heavy atom. The van der Waals surface area contributed by atoms with E-state index in [2.05, 4.69) is 25.6 Å². The Kier molecular flexibility index (Phi) is 5.60. The number of benzene rings is 1. The van der Waals surface area contributed by atoms with Crippen LogP contribution >= 0.6 is 11.6 Å². The van der Waals surface area contributed by atoms with Crippen LogP contribution in [0.1, 0.15) is 5.56 Å². The fraction of sp³-hybridized carbons (Fsp3) is 0.111. The van der Waals surface area contributed by atoms with E-state index in [0.29, 0.717) is 23.1 Å². The molecule has 26 heavy (non-hydrogen) atoms. The predicted molar refractivity (Wildman–Crippen MR) is 100 cm³/mol. The summed E-state index contributed by atoms with van der Waals surface area (Å²) in [5.74, 6) is -0.173. The third-order valence-corrected chi connectivity index (χ3v) is 3.74. The van der Waals surface area contributed by atoms with Crippen molar-refractivity contribution in [3.63, 3.8) is 0 Å². The third-order valence-electron chi connectivity index (χ3n) is 3.49. The maximum Gasteiger partial charge on any atom is 0.322 e. The predicted octanol–water partition coefficient (Wildman–Crippen LogP) is 3.30. The minimum atomic E-state index is -0.987. The highest BCUT2D eigenvalue weighted by Gasteiger charge is 2.08. The molecular weight excluding hydrogens is 354 g/mol. The van der Waals surface area contributed by atoms with Crippen LogP contribution in [0.4, 0.5) is 11.8 Å². The highest BCUT2D eigenvalue weighted by molar-refractivity contribution is 6.30. The summed E-state index contributed by atoms with van der Waals surface area (Å²) in [7, 11) is 0. The van der Waals surface area contributed by atoms with E-state index in [1.54, 1.807) is 18.5 Å². The largest absolute Gasteiger partial charge is 0.480 e. The lowest BCUT2D eigenvalue weighted by atomic mass is 10.2. The number of hydrogen-bond donors (Lipinski definition) is 3. The number of nitrogens with zero attached hydrogens (tertiary/aromatic N) is 3. The molecule has 0 unspecified atom stereocenters. The third kappa shape index (κ3) is 4.90. The molecule has 3 N–H and O–H groups in total. The number of nitrogens with one attached hydrogen (secondary N) is 2. The van der Waals surface area contributed by atoms with Crippen molar-refractivity contribution in [2.24, 2.45) is 0 Å². The van der Waals surface area contributed by atoms with Gasteiger partial charge in [-0.3, -0.25) is 9.78 Å². The van der Waals surface area contributed by atoms with Crippen molar-refractivity contribution in [1.29, 1.82) is 0 Å². The highest BCUT2D eigenvalue weighted by atomic mass is 35.5. The van der Waals surface area contributed by atoms with Crippen LogP contribution in [0, 0.1) is 0 Å². The Hall–Kier alpha value is -3.19. The van der Waals surface area contributed by atoms with Crippen LogP contribution in [0.3, 0.4) is 0 Å². The maximum absolute atomic E-state index is 10.8. The summed E-state index contributed by atoms with van der Waals surface area (Å²) in [6.45, 7) is 0.277. The smallest absolute Gasteiger partial charge is 0.322 e. The van der Waals surface area contributed by atoms with Gasteiger partial charge >= 0.3 is 5.97 Å². The lowest BCUT2D eigenvalue weighted by Crippen LogP contribution is -2.15. The molecule has 0 saturated carbocycles. The Morgan fingerprint density at radius 3 is 2.46 bits per heavy atom. The van der Waals surface area contributed by atoms with Gasteiger partial charge in [0.2, 0.25) is 5.95 Å². The lowest BCUT2D eigenvalue weighted by Gasteiger charge is -2.11. The van der Waals surface area contributed by atoms with Gasteiger partial charge in [0, 0.05) is 35.6 Å². The molecule has 2 aromatic heterocycles. The SMILES string of the molecule is O=C(O)CNc1nc(NCc2ccc(Cl)cc2)cc(-c2ccncc2)n1. The second-order valence-corrected chi connectivity index (χ2v) is 5.86. The molecular formula is C18H16ClN5O2. The quantitative estimate of drug-likeness (QED) is 0.587. The molecule has 8 heteroatoms. The van der Waals surface area contributed by atoms with E-state index >= 15 is 0 Å². The summed E-state index contributed by atoms with van der Waals surface area (Å²) in [5, 5.41) is 15.5. The topological polar surface area (TPSA) is 100 Å². The second-order valence-electron chi connectivity index (χ2n) is 5.43. The van der Waals surface area contributed by atoms with E-state index in [1.807, 2.05) is 36.4 Å². The van der Waals surface area contributed by atoms with E-state index in [4.69, 9.17) is 16.7 Å². The van der Waals surface area contributed by atoms with Crippen molar-refractivity contribution in [1.82, 2.24) is 15.0 Å². The number of carboxylic acids is 1. The molecule has 0 amide bonds. The van der Waals surface area contributed by atoms with Gasteiger partial charge in [-0.15, -0.1) is 0 Å². The van der Waals surface area contributed by atoms with Crippen LogP contribution in [-0.4, -0.2) is 32.6 Å². The molecule has 3 aromatic rings. The minimum Gasteiger partial charge on any atom is -0.480 e. The van der Waals surface area contributed by atoms with E-state index in [9.17, 15) is 4.79 Å². The van der Waals surface area contributed by atoms with Crippen LogP contribution in [0.15, 0.2) is 54.9 Å². The first-order valence-corrected chi connectivity index (χ1v) is 8.21. The summed E-state index contributed by atoms with van der Waals surface area (Å²) in [6, 6.07) is 12.9. The van der Waals surface area contributed by atoms with Gasteiger partial charge < -0.3 is 15.7 Å². The van der Waals surface area contributed by atoms with Gasteiger partial charge in [-0.2, -0.15) is 4.98 Å². The van der Waals surface area contributed by atoms with Crippen molar-refractivity contribution in [2.75, 3.05) is 17.2 Å². The Bertz CT molecular complexity index is 888. The highest BCUT2D eigenvalue weighted by Crippen LogP contribution is 2.21. The molecule has 0 spiro atoms. The number of aromatic nitrogens is 3. The fourth-order valence-corrected chi connectivity index (χ4v) is 2.36. The molecule has 0 atom stereocenters. The van der Waals surface area contributed by atoms with E-state index in [0.717, 1.165) is 11.1 Å². The summed E-state index contributed by atoms with van der Waals surface area (Å²) >= 11 is 5.90. The van der Waals surface area contributed by atoms with Gasteiger partial charge in [-0.1, -0.05) is 23.7 Å². The van der Waals surface area contributed by atoms with Gasteiger partial charge in [0.25, 0.3) is 0 Å². The van der Waals surface area contributed by atoms with Crippen LogP contribution in [-0.2, 0) is 11.3 Å². The number of halogens is 1. The van der Waals surface area contributed by atoms with Crippen molar-refractivity contribution >= 4 is 29.3 Å². The van der Waals surface area contributed by atoms with Gasteiger partial charge in [0.15, 0.2) is 0 Å². The molecule has 3 rings (SSSR count). The van der Waals surface area contributed by atoms with E-state index in [-0.39, 0.29) is 12.5 Å². The molecule has 7 nitrogen and oxygen atoms in total. The van der Waals surface area contributed by atoms with Crippen molar-refractivity contribution < 1.29 is 9.90 Å². The zero-order valence-electron chi connectivity index (χ0n) is 13.7. The second kappa shape index (κ2) is 8.26. The molecule has 0 radical (unpaired) electrons. The first-order chi connectivity index (χ1) is 12.6. The summed E-state index contributed by atoms with van der Waals surface area (Å²) in [5.41, 5.74) is 2.56. The van der Waals surface area contributed by atoms with Crippen LogP contribution < -0.4 is 10.6 Å². The van der Waals surface area contributed by atoms with Crippen LogP contribution in [0.5, 0.6) is 0 Å². The summed E-state index contributed by atoms with van der Waals surface area (Å²) < 4.78 is 0. The number of carboxylic acid groups (broad SMARTS) is 1. The number of anilines is 2. The fourth-order valence-electron chi connectivity index (χ4n) is 2.24. The standard InChI is InChI=1S/C18H16ClN5O2/c19-14-3-1-12(2-4-14)10-21-16-9-15(13-5-7-20-8-6-13)23-18(24-16)22-11-17(25)26/h1-9H,10-11H2,(H,25,26)(H2,21,22,23,24). The lowest BCUT2D eigenvalue weighted by molar-refractivity contribution is -0.134. The molecule has 132 valence electrons. The van der Waals surface area contributed by atoms with Crippen molar-refractivity contribution in [3.05, 3.63) is 65.4 Å². The van der Waals surface area contributed by atoms with Gasteiger partial charge in [-0.25, -0.2) is 4.98 Å². The number of aliphatic carboxylic acids is 1. The molecule has 2 heterocycles. The Balaban J connectivity index is 1.83. The Labute approximate surface area is 155 Å². The summed E-state index contributed by atoms with van der Waals surface area (Å²) in [4.78, 5) is 23.5. The molecule has 0 aliphatic carbocycles. The van der Waals surface area contributed by atoms with Crippen molar-refractivity contribution in [3.8, 4) is 11.3 Å².